The van der Waals surface area contributed by atoms with Gasteiger partial charge in [-0.15, -0.1) is 0 Å². The molecule has 8 nitrogen and oxygen atoms in total. The smallest absolute Gasteiger partial charge is 0.326 e. The van der Waals surface area contributed by atoms with E-state index in [9.17, 15) is 8.96 Å². The van der Waals surface area contributed by atoms with Crippen LogP contribution in [0.1, 0.15) is 18.7 Å². The van der Waals surface area contributed by atoms with E-state index in [-0.39, 0.29) is 5.57 Å². The zero-order valence-electron chi connectivity index (χ0n) is 13.3. The summed E-state index contributed by atoms with van der Waals surface area (Å²) >= 11 is 0. The molecule has 10 heteroatoms. The summed E-state index contributed by atoms with van der Waals surface area (Å²) in [6, 6.07) is -0.663. The van der Waals surface area contributed by atoms with Crippen molar-refractivity contribution >= 4 is 18.8 Å². The van der Waals surface area contributed by atoms with Gasteiger partial charge in [0.15, 0.2) is 12.0 Å². The standard InChI is InChI=1S/C14H18FN4O4P/c1-5-14(15,23-8-24(20,21)22)9(2)11(4)19-7-18-12-10(3)16-6-17-13(12)19/h5-7,11H,1-2,8H2,3-4H3,(H2,20,21,22)/t11-,14-/m0/s1. The minimum Gasteiger partial charge on any atom is -0.326 e. The van der Waals surface area contributed by atoms with Crippen molar-refractivity contribution in [1.29, 1.82) is 0 Å². The van der Waals surface area contributed by atoms with Crippen LogP contribution in [0.25, 0.3) is 11.2 Å². The third-order valence-electron chi connectivity index (χ3n) is 3.61. The van der Waals surface area contributed by atoms with Gasteiger partial charge in [0.05, 0.1) is 18.1 Å². The van der Waals surface area contributed by atoms with Crippen molar-refractivity contribution in [2.75, 3.05) is 6.35 Å². The van der Waals surface area contributed by atoms with Gasteiger partial charge in [0.25, 0.3) is 5.85 Å². The van der Waals surface area contributed by atoms with Gasteiger partial charge in [0.1, 0.15) is 11.8 Å². The van der Waals surface area contributed by atoms with Crippen LogP contribution in [0.5, 0.6) is 0 Å². The molecule has 0 fully saturated rings. The van der Waals surface area contributed by atoms with Crippen LogP contribution in [0.4, 0.5) is 4.39 Å². The Morgan fingerprint density at radius 2 is 2.21 bits per heavy atom. The normalized spacial score (nSPS) is 15.9. The molecule has 0 saturated heterocycles. The molecule has 0 aliphatic carbocycles. The highest BCUT2D eigenvalue weighted by Gasteiger charge is 2.37. The van der Waals surface area contributed by atoms with Crippen molar-refractivity contribution in [3.63, 3.8) is 0 Å². The summed E-state index contributed by atoms with van der Waals surface area (Å²) < 4.78 is 32.2. The second kappa shape index (κ2) is 6.52. The fraction of sp³-hybridized carbons (Fsp3) is 0.357. The highest BCUT2D eigenvalue weighted by Crippen LogP contribution is 2.40. The average molecular weight is 356 g/mol. The van der Waals surface area contributed by atoms with Crippen LogP contribution in [0.15, 0.2) is 37.5 Å². The van der Waals surface area contributed by atoms with E-state index in [1.807, 2.05) is 0 Å². The third kappa shape index (κ3) is 3.59. The van der Waals surface area contributed by atoms with E-state index in [0.29, 0.717) is 16.9 Å². The molecule has 2 atom stereocenters. The number of nitrogens with zero attached hydrogens (tertiary/aromatic N) is 4. The Bertz CT molecular complexity index is 833. The summed E-state index contributed by atoms with van der Waals surface area (Å²) in [5, 5.41) is 0. The Kier molecular flexibility index (Phi) is 5.00. The lowest BCUT2D eigenvalue weighted by Crippen LogP contribution is -2.31. The van der Waals surface area contributed by atoms with Gasteiger partial charge in [-0.2, -0.15) is 0 Å². The van der Waals surface area contributed by atoms with Crippen molar-refractivity contribution in [2.24, 2.45) is 0 Å². The van der Waals surface area contributed by atoms with Crippen LogP contribution in [0.2, 0.25) is 0 Å². The lowest BCUT2D eigenvalue weighted by molar-refractivity contribution is -0.0666. The number of fused-ring (bicyclic) bond motifs is 1. The third-order valence-corrected chi connectivity index (χ3v) is 4.07. The first-order valence-electron chi connectivity index (χ1n) is 6.93. The molecule has 0 amide bonds. The van der Waals surface area contributed by atoms with Crippen LogP contribution in [-0.2, 0) is 9.30 Å². The molecular formula is C14H18FN4O4P. The SMILES string of the molecule is C=C[C@](F)(OCP(=O)(O)O)C(=C)[C@H](C)n1cnc2c(C)ncnc21. The predicted molar refractivity (Wildman–Crippen MR) is 85.9 cm³/mol. The first-order chi connectivity index (χ1) is 11.1. The Morgan fingerprint density at radius 1 is 1.54 bits per heavy atom. The molecule has 2 aromatic rings. The molecule has 2 N–H and O–H groups in total. The summed E-state index contributed by atoms with van der Waals surface area (Å²) in [6.45, 7) is 10.4. The number of ether oxygens (including phenoxy) is 1. The molecule has 0 bridgehead atoms. The molecule has 0 radical (unpaired) electrons. The topological polar surface area (TPSA) is 110 Å². The summed E-state index contributed by atoms with van der Waals surface area (Å²) in [7, 11) is -4.54. The summed E-state index contributed by atoms with van der Waals surface area (Å²) in [6.07, 6.45) is 2.55. The van der Waals surface area contributed by atoms with Gasteiger partial charge in [0, 0.05) is 5.57 Å². The van der Waals surface area contributed by atoms with Gasteiger partial charge in [-0.1, -0.05) is 13.2 Å². The molecule has 2 aromatic heterocycles. The highest BCUT2D eigenvalue weighted by atomic mass is 31.2. The van der Waals surface area contributed by atoms with Crippen LogP contribution >= 0.6 is 7.60 Å². The van der Waals surface area contributed by atoms with E-state index >= 15 is 0 Å². The average Bonchev–Trinajstić information content (AvgIpc) is 2.96. The number of imidazole rings is 1. The number of hydrogen-bond acceptors (Lipinski definition) is 5. The number of aromatic nitrogens is 4. The van der Waals surface area contributed by atoms with Crippen molar-refractivity contribution in [1.82, 2.24) is 19.5 Å². The molecule has 2 heterocycles. The molecule has 0 spiro atoms. The molecule has 130 valence electrons. The van der Waals surface area contributed by atoms with Crippen molar-refractivity contribution in [3.8, 4) is 0 Å². The van der Waals surface area contributed by atoms with Crippen molar-refractivity contribution in [3.05, 3.63) is 43.2 Å². The van der Waals surface area contributed by atoms with Crippen LogP contribution in [0, 0.1) is 6.92 Å². The molecule has 0 saturated carbocycles. The molecule has 0 unspecified atom stereocenters. The van der Waals surface area contributed by atoms with E-state index in [2.05, 4.69) is 28.1 Å². The highest BCUT2D eigenvalue weighted by molar-refractivity contribution is 7.51. The number of halogens is 1. The molecule has 24 heavy (non-hydrogen) atoms. The van der Waals surface area contributed by atoms with E-state index < -0.39 is 25.8 Å². The van der Waals surface area contributed by atoms with Crippen molar-refractivity contribution in [2.45, 2.75) is 25.7 Å². The van der Waals surface area contributed by atoms with E-state index in [1.165, 1.54) is 12.7 Å². The van der Waals surface area contributed by atoms with E-state index in [4.69, 9.17) is 14.5 Å². The maximum Gasteiger partial charge on any atom is 0.351 e. The lowest BCUT2D eigenvalue weighted by Gasteiger charge is -2.29. The minimum absolute atomic E-state index is 0.0958. The summed E-state index contributed by atoms with van der Waals surface area (Å²) in [5.74, 6) is -2.61. The molecule has 0 aliphatic heterocycles. The van der Waals surface area contributed by atoms with Crippen LogP contribution in [-0.4, -0.2) is 41.5 Å². The largest absolute Gasteiger partial charge is 0.351 e. The summed E-state index contributed by atoms with van der Waals surface area (Å²) in [5.41, 5.74) is 1.62. The van der Waals surface area contributed by atoms with Gasteiger partial charge < -0.3 is 19.1 Å². The van der Waals surface area contributed by atoms with Gasteiger partial charge in [-0.05, 0) is 19.9 Å². The number of rotatable bonds is 7. The van der Waals surface area contributed by atoms with Crippen LogP contribution < -0.4 is 0 Å². The quantitative estimate of drug-likeness (QED) is 0.578. The second-order valence-corrected chi connectivity index (χ2v) is 6.86. The monoisotopic (exact) mass is 356 g/mol. The Hall–Kier alpha value is -1.93. The molecular weight excluding hydrogens is 338 g/mol. The fourth-order valence-electron chi connectivity index (χ4n) is 2.17. The van der Waals surface area contributed by atoms with E-state index in [0.717, 1.165) is 6.08 Å². The lowest BCUT2D eigenvalue weighted by atomic mass is 10.0. The number of alkyl halides is 1. The number of aryl methyl sites for hydroxylation is 1. The maximum atomic E-state index is 14.9. The zero-order valence-corrected chi connectivity index (χ0v) is 14.2. The van der Waals surface area contributed by atoms with Gasteiger partial charge in [0.2, 0.25) is 0 Å². The first-order valence-corrected chi connectivity index (χ1v) is 8.73. The Balaban J connectivity index is 2.34. The summed E-state index contributed by atoms with van der Waals surface area (Å²) in [4.78, 5) is 30.1. The van der Waals surface area contributed by atoms with E-state index in [1.54, 1.807) is 18.4 Å². The molecule has 0 aliphatic rings. The van der Waals surface area contributed by atoms with Gasteiger partial charge >= 0.3 is 7.60 Å². The number of hydrogen-bond donors (Lipinski definition) is 2. The first kappa shape index (κ1) is 18.4. The predicted octanol–water partition coefficient (Wildman–Crippen LogP) is 2.26. The van der Waals surface area contributed by atoms with Crippen molar-refractivity contribution < 1.29 is 23.5 Å². The zero-order chi connectivity index (χ0) is 18.1. The van der Waals surface area contributed by atoms with Gasteiger partial charge in [-0.3, -0.25) is 4.57 Å². The second-order valence-electron chi connectivity index (χ2n) is 5.27. The van der Waals surface area contributed by atoms with Crippen LogP contribution in [0.3, 0.4) is 0 Å². The maximum absolute atomic E-state index is 14.9. The molecule has 2 rings (SSSR count). The Morgan fingerprint density at radius 3 is 2.79 bits per heavy atom. The Labute approximate surface area is 137 Å². The molecule has 0 aromatic carbocycles. The minimum atomic E-state index is -4.54. The fourth-order valence-corrected chi connectivity index (χ4v) is 2.52. The van der Waals surface area contributed by atoms with Gasteiger partial charge in [-0.25, -0.2) is 19.3 Å².